The first-order chi connectivity index (χ1) is 14.0. The molecular formula is C22H20N2O4S. The van der Waals surface area contributed by atoms with Crippen LogP contribution in [0.4, 0.5) is 0 Å². The van der Waals surface area contributed by atoms with Crippen molar-refractivity contribution >= 4 is 23.5 Å². The van der Waals surface area contributed by atoms with Gasteiger partial charge in [0.05, 0.1) is 36.6 Å². The Bertz CT molecular complexity index is 975. The summed E-state index contributed by atoms with van der Waals surface area (Å²) < 4.78 is 10.3. The van der Waals surface area contributed by atoms with Crippen LogP contribution in [-0.2, 0) is 4.79 Å². The molecule has 0 unspecified atom stereocenters. The topological polar surface area (TPSA) is 88.4 Å². The summed E-state index contributed by atoms with van der Waals surface area (Å²) in [6.07, 6.45) is 0.186. The Morgan fingerprint density at radius 3 is 2.24 bits per heavy atom. The minimum Gasteiger partial charge on any atom is -0.497 e. The number of rotatable bonds is 7. The van der Waals surface area contributed by atoms with Gasteiger partial charge in [0.2, 0.25) is 5.91 Å². The zero-order chi connectivity index (χ0) is 20.8. The number of methoxy groups -OCH3 is 2. The highest BCUT2D eigenvalue weighted by Crippen LogP contribution is 2.36. The van der Waals surface area contributed by atoms with Gasteiger partial charge < -0.3 is 14.8 Å². The van der Waals surface area contributed by atoms with Crippen molar-refractivity contribution < 1.29 is 19.1 Å². The van der Waals surface area contributed by atoms with Crippen molar-refractivity contribution in [3.63, 3.8) is 0 Å². The van der Waals surface area contributed by atoms with Gasteiger partial charge in [0.15, 0.2) is 5.78 Å². The number of nitrogens with zero attached hydrogens (tertiary/aromatic N) is 1. The summed E-state index contributed by atoms with van der Waals surface area (Å²) in [5, 5.41) is 12.9. The summed E-state index contributed by atoms with van der Waals surface area (Å²) >= 11 is 1.17. The maximum atomic E-state index is 12.5. The van der Waals surface area contributed by atoms with Gasteiger partial charge in [-0.15, -0.1) is 0 Å². The van der Waals surface area contributed by atoms with Crippen LogP contribution in [-0.4, -0.2) is 31.7 Å². The van der Waals surface area contributed by atoms with Gasteiger partial charge in [-0.25, -0.2) is 0 Å². The quantitative estimate of drug-likeness (QED) is 0.704. The predicted molar refractivity (Wildman–Crippen MR) is 111 cm³/mol. The molecule has 0 spiro atoms. The highest BCUT2D eigenvalue weighted by molar-refractivity contribution is 8.03. The summed E-state index contributed by atoms with van der Waals surface area (Å²) in [6, 6.07) is 16.4. The third kappa shape index (κ3) is 4.79. The number of hydrogen-bond acceptors (Lipinski definition) is 6. The number of nitriles is 1. The Labute approximate surface area is 173 Å². The number of hydrogen-bond donors (Lipinski definition) is 1. The fraction of sp³-hybridized carbons (Fsp3) is 0.227. The Hall–Kier alpha value is -3.24. The summed E-state index contributed by atoms with van der Waals surface area (Å²) in [7, 11) is 3.14. The molecule has 2 aromatic carbocycles. The van der Waals surface area contributed by atoms with E-state index in [1.165, 1.54) is 11.8 Å². The Balaban J connectivity index is 1.79. The molecule has 0 saturated heterocycles. The fourth-order valence-corrected chi connectivity index (χ4v) is 4.02. The van der Waals surface area contributed by atoms with Gasteiger partial charge in [0.25, 0.3) is 0 Å². The van der Waals surface area contributed by atoms with Crippen LogP contribution in [0.3, 0.4) is 0 Å². The third-order valence-corrected chi connectivity index (χ3v) is 5.65. The molecule has 148 valence electrons. The summed E-state index contributed by atoms with van der Waals surface area (Å²) in [5.74, 6) is 0.870. The number of ketones is 1. The second-order valence-electron chi connectivity index (χ2n) is 6.37. The molecule has 1 aliphatic rings. The maximum absolute atomic E-state index is 12.5. The molecule has 0 aliphatic carbocycles. The molecule has 0 aromatic heterocycles. The van der Waals surface area contributed by atoms with Crippen molar-refractivity contribution in [3.05, 3.63) is 70.3 Å². The molecule has 1 amide bonds. The Kier molecular flexibility index (Phi) is 6.57. The van der Waals surface area contributed by atoms with E-state index in [1.54, 1.807) is 50.6 Å². The normalized spacial score (nSPS) is 16.0. The molecule has 0 bridgehead atoms. The predicted octanol–water partition coefficient (Wildman–Crippen LogP) is 3.66. The fourth-order valence-electron chi connectivity index (χ4n) is 3.05. The number of thioether (sulfide) groups is 1. The van der Waals surface area contributed by atoms with Crippen molar-refractivity contribution in [1.29, 1.82) is 5.26 Å². The lowest BCUT2D eigenvalue weighted by Crippen LogP contribution is -2.31. The first-order valence-electron chi connectivity index (χ1n) is 8.93. The standard InChI is InChI=1S/C22H20N2O4S/c1-27-16-7-3-14(4-8-16)18-11-21(26)24-22(19(18)12-23)29-13-20(25)15-5-9-17(28-2)10-6-15/h3-10,18H,11,13H2,1-2H3,(H,24,26)/t18-/m0/s1. The number of ether oxygens (including phenoxy) is 2. The smallest absolute Gasteiger partial charge is 0.225 e. The third-order valence-electron chi connectivity index (χ3n) is 4.63. The molecule has 6 nitrogen and oxygen atoms in total. The molecule has 29 heavy (non-hydrogen) atoms. The number of allylic oxidation sites excluding steroid dienone is 1. The van der Waals surface area contributed by atoms with Gasteiger partial charge in [-0.3, -0.25) is 9.59 Å². The average molecular weight is 408 g/mol. The second kappa shape index (κ2) is 9.30. The van der Waals surface area contributed by atoms with E-state index in [2.05, 4.69) is 11.4 Å². The Morgan fingerprint density at radius 1 is 1.10 bits per heavy atom. The highest BCUT2D eigenvalue weighted by Gasteiger charge is 2.30. The molecule has 1 N–H and O–H groups in total. The minimum absolute atomic E-state index is 0.0942. The summed E-state index contributed by atoms with van der Waals surface area (Å²) in [5.41, 5.74) is 1.87. The number of nitrogens with one attached hydrogen (secondary N) is 1. The van der Waals surface area contributed by atoms with E-state index >= 15 is 0 Å². The van der Waals surface area contributed by atoms with Crippen LogP contribution in [0.1, 0.15) is 28.3 Å². The molecule has 2 aromatic rings. The number of carbonyl (C=O) groups excluding carboxylic acids is 2. The van der Waals surface area contributed by atoms with Crippen LogP contribution >= 0.6 is 11.8 Å². The van der Waals surface area contributed by atoms with E-state index in [1.807, 2.05) is 12.1 Å². The molecular weight excluding hydrogens is 388 g/mol. The lowest BCUT2D eigenvalue weighted by Gasteiger charge is -2.25. The number of amides is 1. The lowest BCUT2D eigenvalue weighted by atomic mass is 9.87. The van der Waals surface area contributed by atoms with Crippen LogP contribution in [0, 0.1) is 11.3 Å². The van der Waals surface area contributed by atoms with Crippen molar-refractivity contribution in [3.8, 4) is 17.6 Å². The number of Topliss-reactive ketones (excluding diaryl/α,β-unsaturated/α-hetero) is 1. The molecule has 0 fully saturated rings. The van der Waals surface area contributed by atoms with Crippen molar-refractivity contribution in [2.45, 2.75) is 12.3 Å². The van der Waals surface area contributed by atoms with Crippen LogP contribution in [0.5, 0.6) is 11.5 Å². The molecule has 0 radical (unpaired) electrons. The van der Waals surface area contributed by atoms with Crippen LogP contribution in [0.25, 0.3) is 0 Å². The SMILES string of the molecule is COc1ccc(C(=O)CSC2=C(C#N)[C@H](c3ccc(OC)cc3)CC(=O)N2)cc1. The van der Waals surface area contributed by atoms with E-state index in [-0.39, 0.29) is 29.8 Å². The largest absolute Gasteiger partial charge is 0.497 e. The minimum atomic E-state index is -0.349. The van der Waals surface area contributed by atoms with E-state index in [0.717, 1.165) is 5.56 Å². The Morgan fingerprint density at radius 2 is 1.69 bits per heavy atom. The molecule has 1 aliphatic heterocycles. The van der Waals surface area contributed by atoms with Crippen LogP contribution in [0.15, 0.2) is 59.1 Å². The molecule has 1 atom stereocenters. The van der Waals surface area contributed by atoms with Crippen molar-refractivity contribution in [2.24, 2.45) is 0 Å². The van der Waals surface area contributed by atoms with Gasteiger partial charge in [0, 0.05) is 17.9 Å². The number of carbonyl (C=O) groups is 2. The summed E-state index contributed by atoms with van der Waals surface area (Å²) in [6.45, 7) is 0. The van der Waals surface area contributed by atoms with Gasteiger partial charge >= 0.3 is 0 Å². The van der Waals surface area contributed by atoms with E-state index < -0.39 is 0 Å². The van der Waals surface area contributed by atoms with Gasteiger partial charge in [-0.05, 0) is 42.0 Å². The van der Waals surface area contributed by atoms with Crippen molar-refractivity contribution in [1.82, 2.24) is 5.32 Å². The lowest BCUT2D eigenvalue weighted by molar-refractivity contribution is -0.120. The van der Waals surface area contributed by atoms with E-state index in [4.69, 9.17) is 9.47 Å². The van der Waals surface area contributed by atoms with E-state index in [0.29, 0.717) is 27.7 Å². The van der Waals surface area contributed by atoms with Gasteiger partial charge in [-0.1, -0.05) is 23.9 Å². The molecule has 1 heterocycles. The average Bonchev–Trinajstić information content (AvgIpc) is 2.77. The van der Waals surface area contributed by atoms with Gasteiger partial charge in [-0.2, -0.15) is 5.26 Å². The maximum Gasteiger partial charge on any atom is 0.225 e. The number of benzene rings is 2. The zero-order valence-corrected chi connectivity index (χ0v) is 16.9. The van der Waals surface area contributed by atoms with Gasteiger partial charge in [0.1, 0.15) is 11.5 Å². The summed E-state index contributed by atoms with van der Waals surface area (Å²) in [4.78, 5) is 24.7. The second-order valence-corrected chi connectivity index (χ2v) is 7.36. The molecule has 0 saturated carbocycles. The first kappa shape index (κ1) is 20.5. The van der Waals surface area contributed by atoms with Crippen LogP contribution < -0.4 is 14.8 Å². The van der Waals surface area contributed by atoms with Crippen LogP contribution in [0.2, 0.25) is 0 Å². The van der Waals surface area contributed by atoms with E-state index in [9.17, 15) is 14.9 Å². The molecule has 7 heteroatoms. The monoisotopic (exact) mass is 408 g/mol. The molecule has 3 rings (SSSR count). The highest BCUT2D eigenvalue weighted by atomic mass is 32.2. The first-order valence-corrected chi connectivity index (χ1v) is 9.92. The zero-order valence-electron chi connectivity index (χ0n) is 16.1. The van der Waals surface area contributed by atoms with Crippen molar-refractivity contribution in [2.75, 3.05) is 20.0 Å².